The minimum absolute atomic E-state index is 0.0695. The van der Waals surface area contributed by atoms with Crippen molar-refractivity contribution in [2.24, 2.45) is 0 Å². The van der Waals surface area contributed by atoms with Gasteiger partial charge in [-0.05, 0) is 31.9 Å². The van der Waals surface area contributed by atoms with Gasteiger partial charge in [0.1, 0.15) is 0 Å². The highest BCUT2D eigenvalue weighted by Gasteiger charge is 2.24. The van der Waals surface area contributed by atoms with Crippen LogP contribution < -0.4 is 5.32 Å². The largest absolute Gasteiger partial charge is 0.396 e. The first-order valence-electron chi connectivity index (χ1n) is 6.59. The quantitative estimate of drug-likeness (QED) is 0.807. The lowest BCUT2D eigenvalue weighted by Crippen LogP contribution is -2.35. The maximum atomic E-state index is 12.1. The Bertz CT molecular complexity index is 513. The Labute approximate surface area is 115 Å². The molecular weight excluding hydrogens is 262 g/mol. The first-order chi connectivity index (χ1) is 8.88. The zero-order valence-corrected chi connectivity index (χ0v) is 12.6. The van der Waals surface area contributed by atoms with Gasteiger partial charge in [-0.2, -0.15) is 0 Å². The fraction of sp³-hybridized carbons (Fsp3) is 0.571. The molecule has 108 valence electrons. The summed E-state index contributed by atoms with van der Waals surface area (Å²) < 4.78 is 24.1. The second kappa shape index (κ2) is 6.39. The van der Waals surface area contributed by atoms with Gasteiger partial charge in [-0.15, -0.1) is 0 Å². The molecule has 0 aliphatic rings. The van der Waals surface area contributed by atoms with Crippen molar-refractivity contribution in [2.75, 3.05) is 17.7 Å². The molecule has 4 nitrogen and oxygen atoms in total. The first-order valence-corrected chi connectivity index (χ1v) is 8.24. The van der Waals surface area contributed by atoms with E-state index in [1.54, 1.807) is 25.1 Å². The summed E-state index contributed by atoms with van der Waals surface area (Å²) in [7, 11) is -3.25. The van der Waals surface area contributed by atoms with Gasteiger partial charge in [-0.25, -0.2) is 8.42 Å². The fourth-order valence-electron chi connectivity index (χ4n) is 1.90. The maximum Gasteiger partial charge on any atom is 0.180 e. The Balaban J connectivity index is 3.15. The number of aliphatic hydroxyl groups excluding tert-OH is 1. The average Bonchev–Trinajstić information content (AvgIpc) is 2.39. The number of anilines is 1. The summed E-state index contributed by atoms with van der Waals surface area (Å²) >= 11 is 0. The molecular formula is C14H23NO3S. The number of hydrogen-bond acceptors (Lipinski definition) is 4. The van der Waals surface area contributed by atoms with Crippen LogP contribution >= 0.6 is 0 Å². The second-order valence-corrected chi connectivity index (χ2v) is 7.16. The van der Waals surface area contributed by atoms with E-state index in [-0.39, 0.29) is 17.9 Å². The van der Waals surface area contributed by atoms with Crippen LogP contribution in [0.25, 0.3) is 0 Å². The Morgan fingerprint density at radius 3 is 2.42 bits per heavy atom. The minimum Gasteiger partial charge on any atom is -0.396 e. The Morgan fingerprint density at radius 1 is 1.26 bits per heavy atom. The summed E-state index contributed by atoms with van der Waals surface area (Å²) in [6.07, 6.45) is 1.37. The Morgan fingerprint density at radius 2 is 1.89 bits per heavy atom. The fourth-order valence-corrected chi connectivity index (χ4v) is 2.95. The number of sulfone groups is 1. The van der Waals surface area contributed by atoms with Crippen LogP contribution in [0.15, 0.2) is 29.2 Å². The smallest absolute Gasteiger partial charge is 0.180 e. The highest BCUT2D eigenvalue weighted by atomic mass is 32.2. The van der Waals surface area contributed by atoms with Gasteiger partial charge in [0.25, 0.3) is 0 Å². The van der Waals surface area contributed by atoms with Crippen molar-refractivity contribution in [1.29, 1.82) is 0 Å². The van der Waals surface area contributed by atoms with Crippen molar-refractivity contribution in [3.8, 4) is 0 Å². The topological polar surface area (TPSA) is 66.4 Å². The third-order valence-electron chi connectivity index (χ3n) is 3.48. The van der Waals surface area contributed by atoms with E-state index >= 15 is 0 Å². The van der Waals surface area contributed by atoms with Gasteiger partial charge >= 0.3 is 0 Å². The van der Waals surface area contributed by atoms with Crippen LogP contribution in [0.2, 0.25) is 0 Å². The molecule has 0 bridgehead atoms. The lowest BCUT2D eigenvalue weighted by molar-refractivity contribution is 0.252. The van der Waals surface area contributed by atoms with E-state index in [2.05, 4.69) is 5.32 Å². The van der Waals surface area contributed by atoms with Gasteiger partial charge in [0, 0.05) is 12.1 Å². The predicted octanol–water partition coefficient (Wildman–Crippen LogP) is 2.44. The van der Waals surface area contributed by atoms with E-state index in [4.69, 9.17) is 5.11 Å². The molecule has 0 aliphatic carbocycles. The van der Waals surface area contributed by atoms with E-state index in [0.717, 1.165) is 6.42 Å². The summed E-state index contributed by atoms with van der Waals surface area (Å²) in [5.41, 5.74) is 0.302. The summed E-state index contributed by atoms with van der Waals surface area (Å²) in [5, 5.41) is 12.4. The van der Waals surface area contributed by atoms with Crippen LogP contribution in [0.5, 0.6) is 0 Å². The van der Waals surface area contributed by atoms with Crippen molar-refractivity contribution in [2.45, 2.75) is 44.0 Å². The highest BCUT2D eigenvalue weighted by molar-refractivity contribution is 7.91. The van der Waals surface area contributed by atoms with Gasteiger partial charge in [0.05, 0.1) is 16.3 Å². The van der Waals surface area contributed by atoms with Gasteiger partial charge in [0.15, 0.2) is 9.84 Å². The zero-order valence-electron chi connectivity index (χ0n) is 11.8. The molecule has 1 unspecified atom stereocenters. The molecule has 1 aromatic carbocycles. The van der Waals surface area contributed by atoms with Crippen molar-refractivity contribution in [1.82, 2.24) is 0 Å². The van der Waals surface area contributed by atoms with Crippen LogP contribution in [-0.4, -0.2) is 31.4 Å². The van der Waals surface area contributed by atoms with Crippen LogP contribution in [0.3, 0.4) is 0 Å². The third-order valence-corrected chi connectivity index (χ3v) is 5.27. The van der Waals surface area contributed by atoms with Crippen LogP contribution in [0.4, 0.5) is 5.69 Å². The van der Waals surface area contributed by atoms with E-state index < -0.39 is 9.84 Å². The summed E-state index contributed by atoms with van der Waals surface area (Å²) in [6, 6.07) is 6.93. The second-order valence-electron chi connectivity index (χ2n) is 4.91. The molecule has 0 saturated heterocycles. The third kappa shape index (κ3) is 3.94. The molecule has 1 rings (SSSR count). The summed E-state index contributed by atoms with van der Waals surface area (Å²) in [5.74, 6) is 0.0779. The molecule has 0 saturated carbocycles. The van der Waals surface area contributed by atoms with Crippen molar-refractivity contribution < 1.29 is 13.5 Å². The SMILES string of the molecule is CCC(C)(CCO)Nc1ccccc1S(=O)(=O)CC. The minimum atomic E-state index is -3.25. The lowest BCUT2D eigenvalue weighted by Gasteiger charge is -2.31. The molecule has 5 heteroatoms. The number of rotatable bonds is 7. The number of benzene rings is 1. The average molecular weight is 285 g/mol. The Kier molecular flexibility index (Phi) is 5.38. The molecule has 0 amide bonds. The molecule has 1 atom stereocenters. The molecule has 0 heterocycles. The number of nitrogens with one attached hydrogen (secondary N) is 1. The monoisotopic (exact) mass is 285 g/mol. The zero-order chi connectivity index (χ0) is 14.5. The highest BCUT2D eigenvalue weighted by Crippen LogP contribution is 2.27. The van der Waals surface area contributed by atoms with Crippen LogP contribution in [0.1, 0.15) is 33.6 Å². The molecule has 19 heavy (non-hydrogen) atoms. The molecule has 0 spiro atoms. The molecule has 1 aromatic rings. The number of para-hydroxylation sites is 1. The van der Waals surface area contributed by atoms with E-state index in [9.17, 15) is 8.42 Å². The van der Waals surface area contributed by atoms with E-state index in [1.165, 1.54) is 0 Å². The molecule has 0 radical (unpaired) electrons. The standard InChI is InChI=1S/C14H23NO3S/c1-4-14(3,10-11-16)15-12-8-6-7-9-13(12)19(17,18)5-2/h6-9,15-16H,4-5,10-11H2,1-3H3. The predicted molar refractivity (Wildman–Crippen MR) is 78.2 cm³/mol. The normalized spacial score (nSPS) is 14.9. The molecule has 0 fully saturated rings. The molecule has 0 aromatic heterocycles. The van der Waals surface area contributed by atoms with Crippen LogP contribution in [0, 0.1) is 0 Å². The number of hydrogen-bond donors (Lipinski definition) is 2. The number of aliphatic hydroxyl groups is 1. The summed E-state index contributed by atoms with van der Waals surface area (Å²) in [4.78, 5) is 0.329. The lowest BCUT2D eigenvalue weighted by atomic mass is 9.94. The maximum absolute atomic E-state index is 12.1. The Hall–Kier alpha value is -1.07. The first kappa shape index (κ1) is 16.0. The van der Waals surface area contributed by atoms with Crippen LogP contribution in [-0.2, 0) is 9.84 Å². The van der Waals surface area contributed by atoms with E-state index in [1.807, 2.05) is 19.9 Å². The van der Waals surface area contributed by atoms with Crippen molar-refractivity contribution in [3.05, 3.63) is 24.3 Å². The van der Waals surface area contributed by atoms with Gasteiger partial charge in [0.2, 0.25) is 0 Å². The van der Waals surface area contributed by atoms with Crippen molar-refractivity contribution in [3.63, 3.8) is 0 Å². The molecule has 0 aliphatic heterocycles. The van der Waals surface area contributed by atoms with Gasteiger partial charge in [-0.3, -0.25) is 0 Å². The van der Waals surface area contributed by atoms with E-state index in [0.29, 0.717) is 17.0 Å². The molecule has 2 N–H and O–H groups in total. The van der Waals surface area contributed by atoms with Crippen molar-refractivity contribution >= 4 is 15.5 Å². The van der Waals surface area contributed by atoms with Gasteiger partial charge in [-0.1, -0.05) is 26.0 Å². The summed E-state index contributed by atoms with van der Waals surface area (Å²) in [6.45, 7) is 5.71. The van der Waals surface area contributed by atoms with Gasteiger partial charge < -0.3 is 10.4 Å².